The van der Waals surface area contributed by atoms with E-state index in [0.717, 1.165) is 0 Å². The van der Waals surface area contributed by atoms with Gasteiger partial charge in [-0.25, -0.2) is 0 Å². The Hall–Kier alpha value is -0.360. The van der Waals surface area contributed by atoms with Crippen LogP contribution in [-0.2, 0) is 14.2 Å². The maximum atomic E-state index is 9.96. The fourth-order valence-corrected chi connectivity index (χ4v) is 2.45. The first kappa shape index (κ1) is 17.0. The zero-order valence-corrected chi connectivity index (χ0v) is 11.7. The minimum absolute atomic E-state index is 0.804. The van der Waals surface area contributed by atoms with E-state index in [1.54, 1.807) is 0 Å². The minimum atomic E-state index is -1.56. The van der Waals surface area contributed by atoms with Crippen LogP contribution in [0, 0.1) is 0 Å². The van der Waals surface area contributed by atoms with E-state index < -0.39 is 61.4 Å². The summed E-state index contributed by atoms with van der Waals surface area (Å²) in [7, 11) is 0. The average molecular weight is 310 g/mol. The van der Waals surface area contributed by atoms with Gasteiger partial charge in [-0.3, -0.25) is 0 Å². The van der Waals surface area contributed by atoms with Crippen molar-refractivity contribution in [1.29, 1.82) is 0 Å². The third-order valence-corrected chi connectivity index (χ3v) is 3.90. The molecule has 2 rings (SSSR count). The van der Waals surface area contributed by atoms with Crippen LogP contribution in [0.5, 0.6) is 0 Å². The Balaban J connectivity index is 2.08. The predicted molar refractivity (Wildman–Crippen MR) is 65.8 cm³/mol. The van der Waals surface area contributed by atoms with Gasteiger partial charge in [0.15, 0.2) is 12.6 Å². The van der Waals surface area contributed by atoms with Gasteiger partial charge in [-0.05, 0) is 13.8 Å². The maximum absolute atomic E-state index is 9.96. The van der Waals surface area contributed by atoms with Crippen molar-refractivity contribution in [3.8, 4) is 0 Å². The van der Waals surface area contributed by atoms with Crippen LogP contribution in [0.1, 0.15) is 13.8 Å². The van der Waals surface area contributed by atoms with Gasteiger partial charge in [-0.1, -0.05) is 0 Å². The molecule has 2 aliphatic rings. The Bertz CT molecular complexity index is 340. The van der Waals surface area contributed by atoms with Gasteiger partial charge in [-0.2, -0.15) is 0 Å². The lowest BCUT2D eigenvalue weighted by molar-refractivity contribution is -0.349. The second-order valence-corrected chi connectivity index (χ2v) is 5.50. The van der Waals surface area contributed by atoms with E-state index in [1.807, 2.05) is 0 Å². The van der Waals surface area contributed by atoms with Gasteiger partial charge in [0, 0.05) is 0 Å². The highest BCUT2D eigenvalue weighted by Crippen LogP contribution is 2.28. The topological polar surface area (TPSA) is 149 Å². The SMILES string of the molecule is C[C@@H]1O[C@@H](O[C@@H]2[C@@H](O)[C@H](C)O[C@@H](O)[C@@H]2O)[C@H](O)[C@H](O)[C@H]1O. The van der Waals surface area contributed by atoms with E-state index in [0.29, 0.717) is 0 Å². The first-order chi connectivity index (χ1) is 9.73. The van der Waals surface area contributed by atoms with Crippen LogP contribution in [0.25, 0.3) is 0 Å². The lowest BCUT2D eigenvalue weighted by Gasteiger charge is -2.44. The molecule has 2 aliphatic heterocycles. The second kappa shape index (κ2) is 6.41. The van der Waals surface area contributed by atoms with Crippen LogP contribution in [0.15, 0.2) is 0 Å². The van der Waals surface area contributed by atoms with Crippen molar-refractivity contribution in [2.45, 2.75) is 75.3 Å². The summed E-state index contributed by atoms with van der Waals surface area (Å²) in [6, 6.07) is 0. The summed E-state index contributed by atoms with van der Waals surface area (Å²) < 4.78 is 15.4. The Morgan fingerprint density at radius 2 is 1.24 bits per heavy atom. The smallest absolute Gasteiger partial charge is 0.187 e. The molecule has 0 bridgehead atoms. The summed E-state index contributed by atoms with van der Waals surface area (Å²) in [5.74, 6) is 0. The lowest BCUT2D eigenvalue weighted by atomic mass is 9.97. The molecule has 0 saturated carbocycles. The lowest BCUT2D eigenvalue weighted by Crippen LogP contribution is -2.63. The molecular weight excluding hydrogens is 288 g/mol. The van der Waals surface area contributed by atoms with Crippen molar-refractivity contribution in [2.75, 3.05) is 0 Å². The summed E-state index contributed by atoms with van der Waals surface area (Å²) in [6.07, 6.45) is -13.0. The zero-order valence-electron chi connectivity index (χ0n) is 11.7. The Morgan fingerprint density at radius 1 is 0.667 bits per heavy atom. The van der Waals surface area contributed by atoms with E-state index >= 15 is 0 Å². The molecule has 0 aromatic carbocycles. The highest BCUT2D eigenvalue weighted by Gasteiger charge is 2.48. The average Bonchev–Trinajstić information content (AvgIpc) is 2.44. The van der Waals surface area contributed by atoms with Crippen molar-refractivity contribution < 1.29 is 44.8 Å². The number of aliphatic hydroxyl groups is 6. The summed E-state index contributed by atoms with van der Waals surface area (Å²) in [5.41, 5.74) is 0. The molecule has 2 heterocycles. The van der Waals surface area contributed by atoms with Gasteiger partial charge >= 0.3 is 0 Å². The molecule has 0 unspecified atom stereocenters. The molecule has 0 radical (unpaired) electrons. The monoisotopic (exact) mass is 310 g/mol. The highest BCUT2D eigenvalue weighted by atomic mass is 16.7. The van der Waals surface area contributed by atoms with Gasteiger partial charge in [0.1, 0.15) is 36.6 Å². The standard InChI is InChI=1S/C12H22O9/c1-3-5(13)7(15)8(16)12(20-3)21-10-6(14)4(2)19-11(18)9(10)17/h3-18H,1-2H3/t3-,4-,5-,6-,7+,8+,9+,10+,11+,12-/m0/s1. The van der Waals surface area contributed by atoms with Crippen LogP contribution in [0.3, 0.4) is 0 Å². The molecule has 0 aliphatic carbocycles. The fraction of sp³-hybridized carbons (Fsp3) is 1.00. The molecule has 6 N–H and O–H groups in total. The molecule has 2 saturated heterocycles. The van der Waals surface area contributed by atoms with Crippen molar-refractivity contribution in [2.24, 2.45) is 0 Å². The van der Waals surface area contributed by atoms with Gasteiger partial charge in [0.05, 0.1) is 12.2 Å². The summed E-state index contributed by atoms with van der Waals surface area (Å²) in [5, 5.41) is 58.4. The molecule has 124 valence electrons. The fourth-order valence-electron chi connectivity index (χ4n) is 2.45. The molecular formula is C12H22O9. The summed E-state index contributed by atoms with van der Waals surface area (Å²) in [6.45, 7) is 2.96. The van der Waals surface area contributed by atoms with Crippen LogP contribution in [-0.4, -0.2) is 92.1 Å². The molecule has 2 fully saturated rings. The molecule has 9 nitrogen and oxygen atoms in total. The molecule has 0 aromatic rings. The Labute approximate surface area is 121 Å². The summed E-state index contributed by atoms with van der Waals surface area (Å²) in [4.78, 5) is 0. The molecule has 0 aromatic heterocycles. The van der Waals surface area contributed by atoms with E-state index in [9.17, 15) is 30.6 Å². The van der Waals surface area contributed by atoms with Crippen LogP contribution >= 0.6 is 0 Å². The van der Waals surface area contributed by atoms with E-state index in [1.165, 1.54) is 13.8 Å². The molecule has 10 atom stereocenters. The minimum Gasteiger partial charge on any atom is -0.388 e. The highest BCUT2D eigenvalue weighted by molar-refractivity contribution is 4.92. The van der Waals surface area contributed by atoms with E-state index in [-0.39, 0.29) is 0 Å². The Morgan fingerprint density at radius 3 is 1.86 bits per heavy atom. The molecule has 9 heteroatoms. The third-order valence-electron chi connectivity index (χ3n) is 3.90. The largest absolute Gasteiger partial charge is 0.388 e. The van der Waals surface area contributed by atoms with Gasteiger partial charge in [0.2, 0.25) is 0 Å². The summed E-state index contributed by atoms with van der Waals surface area (Å²) >= 11 is 0. The first-order valence-corrected chi connectivity index (χ1v) is 6.78. The van der Waals surface area contributed by atoms with Crippen molar-refractivity contribution in [3.63, 3.8) is 0 Å². The van der Waals surface area contributed by atoms with Gasteiger partial charge in [-0.15, -0.1) is 0 Å². The number of hydrogen-bond acceptors (Lipinski definition) is 9. The normalized spacial score (nSPS) is 55.4. The molecule has 0 amide bonds. The predicted octanol–water partition coefficient (Wildman–Crippen LogP) is -3.34. The van der Waals surface area contributed by atoms with Crippen molar-refractivity contribution in [1.82, 2.24) is 0 Å². The molecule has 21 heavy (non-hydrogen) atoms. The van der Waals surface area contributed by atoms with Crippen LogP contribution < -0.4 is 0 Å². The number of rotatable bonds is 2. The first-order valence-electron chi connectivity index (χ1n) is 6.78. The van der Waals surface area contributed by atoms with Crippen LogP contribution in [0.4, 0.5) is 0 Å². The maximum Gasteiger partial charge on any atom is 0.187 e. The van der Waals surface area contributed by atoms with Gasteiger partial charge < -0.3 is 44.8 Å². The quantitative estimate of drug-likeness (QED) is 0.308. The Kier molecular flexibility index (Phi) is 5.19. The third kappa shape index (κ3) is 3.21. The van der Waals surface area contributed by atoms with Crippen LogP contribution in [0.2, 0.25) is 0 Å². The van der Waals surface area contributed by atoms with Crippen molar-refractivity contribution >= 4 is 0 Å². The van der Waals surface area contributed by atoms with E-state index in [4.69, 9.17) is 14.2 Å². The number of aliphatic hydroxyl groups excluding tert-OH is 6. The zero-order chi connectivity index (χ0) is 15.9. The van der Waals surface area contributed by atoms with Crippen molar-refractivity contribution in [3.05, 3.63) is 0 Å². The number of ether oxygens (including phenoxy) is 3. The number of hydrogen-bond donors (Lipinski definition) is 6. The second-order valence-electron chi connectivity index (χ2n) is 5.50. The van der Waals surface area contributed by atoms with E-state index in [2.05, 4.69) is 0 Å². The molecule has 0 spiro atoms. The van der Waals surface area contributed by atoms with Gasteiger partial charge in [0.25, 0.3) is 0 Å².